The van der Waals surface area contributed by atoms with Gasteiger partial charge < -0.3 is 9.47 Å². The van der Waals surface area contributed by atoms with Gasteiger partial charge in [0.15, 0.2) is 0 Å². The molecule has 0 bridgehead atoms. The van der Waals surface area contributed by atoms with Crippen molar-refractivity contribution in [2.45, 2.75) is 64.3 Å². The Morgan fingerprint density at radius 2 is 1.54 bits per heavy atom. The van der Waals surface area contributed by atoms with Crippen LogP contribution < -0.4 is 21.3 Å². The maximum Gasteiger partial charge on any atom is 0.252 e. The second-order valence-corrected chi connectivity index (χ2v) is 12.6. The highest BCUT2D eigenvalue weighted by molar-refractivity contribution is 7.00. The lowest BCUT2D eigenvalue weighted by atomic mass is 9.33. The first-order chi connectivity index (χ1) is 17.9. The number of rotatable bonds is 0. The Morgan fingerprint density at radius 1 is 0.757 bits per heavy atom. The van der Waals surface area contributed by atoms with Crippen molar-refractivity contribution in [3.8, 4) is 5.69 Å². The zero-order chi connectivity index (χ0) is 24.8. The molecular weight excluding hydrogens is 447 g/mol. The summed E-state index contributed by atoms with van der Waals surface area (Å²) in [5.74, 6) is 0. The topological polar surface area (TPSA) is 8.17 Å². The molecule has 1 aliphatic carbocycles. The van der Waals surface area contributed by atoms with Gasteiger partial charge in [-0.2, -0.15) is 0 Å². The van der Waals surface area contributed by atoms with Crippen molar-refractivity contribution >= 4 is 56.3 Å². The molecule has 0 amide bonds. The molecule has 0 radical (unpaired) electrons. The van der Waals surface area contributed by atoms with Crippen LogP contribution in [-0.4, -0.2) is 16.8 Å². The largest absolute Gasteiger partial charge is 0.335 e. The van der Waals surface area contributed by atoms with E-state index in [1.165, 1.54) is 92.1 Å². The lowest BCUT2D eigenvalue weighted by molar-refractivity contribution is 0.195. The molecule has 2 unspecified atom stereocenters. The van der Waals surface area contributed by atoms with Gasteiger partial charge in [0.2, 0.25) is 0 Å². The highest BCUT2D eigenvalue weighted by Gasteiger charge is 2.60. The average molecular weight is 478 g/mol. The van der Waals surface area contributed by atoms with Crippen LogP contribution in [0.15, 0.2) is 66.7 Å². The number of fused-ring (bicyclic) bond motifs is 10. The summed E-state index contributed by atoms with van der Waals surface area (Å²) in [5, 5.41) is 2.77. The van der Waals surface area contributed by atoms with Crippen molar-refractivity contribution in [3.63, 3.8) is 0 Å². The Morgan fingerprint density at radius 3 is 2.43 bits per heavy atom. The van der Waals surface area contributed by atoms with Crippen LogP contribution in [0.1, 0.15) is 56.2 Å². The molecule has 9 rings (SSSR count). The number of nitrogens with zero attached hydrogens (tertiary/aromatic N) is 2. The molecule has 0 saturated heterocycles. The maximum atomic E-state index is 2.81. The van der Waals surface area contributed by atoms with E-state index in [-0.39, 0.29) is 17.7 Å². The minimum absolute atomic E-state index is 0.0991. The molecule has 4 heterocycles. The lowest BCUT2D eigenvalue weighted by Crippen LogP contribution is -2.64. The number of hydrogen-bond donors (Lipinski definition) is 0. The normalized spacial score (nSPS) is 24.4. The number of aryl methyl sites for hydroxylation is 2. The van der Waals surface area contributed by atoms with Gasteiger partial charge in [0.25, 0.3) is 6.71 Å². The van der Waals surface area contributed by atoms with Gasteiger partial charge in [-0.15, -0.1) is 0 Å². The molecule has 37 heavy (non-hydrogen) atoms. The van der Waals surface area contributed by atoms with Gasteiger partial charge in [-0.25, -0.2) is 0 Å². The molecule has 180 valence electrons. The van der Waals surface area contributed by atoms with E-state index in [9.17, 15) is 0 Å². The molecule has 3 aliphatic heterocycles. The number of hydrogen-bond acceptors (Lipinski definition) is 1. The summed E-state index contributed by atoms with van der Waals surface area (Å²) in [4.78, 5) is 2.81. The first-order valence-electron chi connectivity index (χ1n) is 14.0. The molecule has 5 aromatic rings. The van der Waals surface area contributed by atoms with E-state index in [2.05, 4.69) is 104 Å². The van der Waals surface area contributed by atoms with E-state index >= 15 is 0 Å². The minimum atomic E-state index is 0.0991. The monoisotopic (exact) mass is 478 g/mol. The Bertz CT molecular complexity index is 1860. The van der Waals surface area contributed by atoms with E-state index in [0.29, 0.717) is 0 Å². The Labute approximate surface area is 219 Å². The maximum absolute atomic E-state index is 2.81. The van der Waals surface area contributed by atoms with Crippen LogP contribution in [0.2, 0.25) is 0 Å². The summed E-state index contributed by atoms with van der Waals surface area (Å²) in [6.45, 7) is 9.87. The summed E-state index contributed by atoms with van der Waals surface area (Å²) < 4.78 is 2.58. The van der Waals surface area contributed by atoms with Crippen molar-refractivity contribution in [3.05, 3.63) is 83.4 Å². The third-order valence-corrected chi connectivity index (χ3v) is 10.8. The highest BCUT2D eigenvalue weighted by atomic mass is 15.3. The van der Waals surface area contributed by atoms with Gasteiger partial charge in [0.05, 0.1) is 11.1 Å². The fourth-order valence-corrected chi connectivity index (χ4v) is 9.02. The number of anilines is 2. The fourth-order valence-electron chi connectivity index (χ4n) is 9.02. The van der Waals surface area contributed by atoms with Crippen molar-refractivity contribution < 1.29 is 0 Å². The molecule has 0 spiro atoms. The molecule has 1 saturated carbocycles. The summed E-state index contributed by atoms with van der Waals surface area (Å²) in [5.41, 5.74) is 16.1. The summed E-state index contributed by atoms with van der Waals surface area (Å²) in [6, 6.07) is 26.2. The van der Waals surface area contributed by atoms with Crippen molar-refractivity contribution in [1.82, 2.24) is 4.57 Å². The van der Waals surface area contributed by atoms with Gasteiger partial charge in [-0.3, -0.25) is 0 Å². The van der Waals surface area contributed by atoms with Crippen LogP contribution in [0.3, 0.4) is 0 Å². The van der Waals surface area contributed by atoms with Crippen molar-refractivity contribution in [2.24, 2.45) is 0 Å². The van der Waals surface area contributed by atoms with Gasteiger partial charge in [0, 0.05) is 38.8 Å². The highest BCUT2D eigenvalue weighted by Crippen LogP contribution is 2.61. The average Bonchev–Trinajstić information content (AvgIpc) is 3.32. The minimum Gasteiger partial charge on any atom is -0.335 e. The molecular formula is C34H31BN2. The Kier molecular flexibility index (Phi) is 3.52. The predicted molar refractivity (Wildman–Crippen MR) is 158 cm³/mol. The van der Waals surface area contributed by atoms with Crippen molar-refractivity contribution in [1.29, 1.82) is 0 Å². The SMILES string of the molecule is Cc1ccc2c(c1)c1cc(C)cc3c1n2-c1cccc2c1B3c1cccc3c1N2C1(C)CCCCC31C. The predicted octanol–water partition coefficient (Wildman–Crippen LogP) is 6.29. The van der Waals surface area contributed by atoms with Crippen LogP contribution in [-0.2, 0) is 5.41 Å². The molecule has 4 aliphatic rings. The Hall–Kier alpha value is -3.46. The second kappa shape index (κ2) is 6.33. The summed E-state index contributed by atoms with van der Waals surface area (Å²) >= 11 is 0. The van der Waals surface area contributed by atoms with Gasteiger partial charge in [-0.05, 0) is 85.9 Å². The first kappa shape index (κ1) is 20.6. The van der Waals surface area contributed by atoms with Crippen LogP contribution >= 0.6 is 0 Å². The third-order valence-electron chi connectivity index (χ3n) is 10.8. The van der Waals surface area contributed by atoms with Gasteiger partial charge in [-0.1, -0.05) is 67.3 Å². The number of benzene rings is 4. The number of para-hydroxylation sites is 1. The van der Waals surface area contributed by atoms with Gasteiger partial charge >= 0.3 is 0 Å². The molecule has 2 nitrogen and oxygen atoms in total. The van der Waals surface area contributed by atoms with Crippen LogP contribution in [0.5, 0.6) is 0 Å². The smallest absolute Gasteiger partial charge is 0.252 e. The van der Waals surface area contributed by atoms with E-state index in [1.807, 2.05) is 0 Å². The first-order valence-corrected chi connectivity index (χ1v) is 14.0. The third kappa shape index (κ3) is 2.12. The van der Waals surface area contributed by atoms with Crippen LogP contribution in [0.4, 0.5) is 11.4 Å². The van der Waals surface area contributed by atoms with E-state index in [0.717, 1.165) is 0 Å². The fraction of sp³-hybridized carbons (Fsp3) is 0.294. The second-order valence-electron chi connectivity index (χ2n) is 12.6. The standard InChI is InChI=1S/C34H31BN2/c1-20-13-14-27-22(17-20)23-18-21(2)19-26-31(23)36(27)28-11-8-12-29-30(28)35(26)25-10-7-9-24-32(25)37(29)34(4)16-6-5-15-33(24,34)3/h7-14,17-19H,5-6,15-16H2,1-4H3. The Balaban J connectivity index is 1.49. The van der Waals surface area contributed by atoms with Gasteiger partial charge in [0.1, 0.15) is 0 Å². The molecule has 1 fully saturated rings. The number of aromatic nitrogens is 1. The zero-order valence-corrected chi connectivity index (χ0v) is 22.2. The summed E-state index contributed by atoms with van der Waals surface area (Å²) in [6.07, 6.45) is 5.16. The van der Waals surface area contributed by atoms with Crippen molar-refractivity contribution in [2.75, 3.05) is 4.90 Å². The lowest BCUT2D eigenvalue weighted by Gasteiger charge is -2.52. The molecule has 4 aromatic carbocycles. The molecule has 2 atom stereocenters. The zero-order valence-electron chi connectivity index (χ0n) is 22.2. The van der Waals surface area contributed by atoms with E-state index in [1.54, 1.807) is 5.56 Å². The van der Waals surface area contributed by atoms with E-state index < -0.39 is 0 Å². The van der Waals surface area contributed by atoms with E-state index in [4.69, 9.17) is 0 Å². The van der Waals surface area contributed by atoms with Crippen LogP contribution in [0, 0.1) is 13.8 Å². The molecule has 1 aromatic heterocycles. The quantitative estimate of drug-likeness (QED) is 0.233. The van der Waals surface area contributed by atoms with Crippen LogP contribution in [0.25, 0.3) is 27.5 Å². The molecule has 3 heteroatoms. The summed E-state index contributed by atoms with van der Waals surface area (Å²) in [7, 11) is 0. The molecule has 0 N–H and O–H groups in total.